The number of hydrazone groups is 1. The van der Waals surface area contributed by atoms with Gasteiger partial charge in [-0.3, -0.25) is 5.43 Å². The zero-order chi connectivity index (χ0) is 18.4. The zero-order valence-electron chi connectivity index (χ0n) is 14.3. The van der Waals surface area contributed by atoms with Crippen LogP contribution in [-0.4, -0.2) is 15.9 Å². The number of aryl methyl sites for hydroxylation is 1. The topological polar surface area (TPSA) is 41.4 Å². The first kappa shape index (κ1) is 17.8. The Kier molecular flexibility index (Phi) is 5.76. The molecule has 0 aliphatic rings. The molecule has 2 aromatic carbocycles. The van der Waals surface area contributed by atoms with E-state index < -0.39 is 0 Å². The predicted molar refractivity (Wildman–Crippen MR) is 108 cm³/mol. The van der Waals surface area contributed by atoms with Gasteiger partial charge in [0.25, 0.3) is 0 Å². The summed E-state index contributed by atoms with van der Waals surface area (Å²) in [5.74, 6) is -0.234. The van der Waals surface area contributed by atoms with Gasteiger partial charge in [-0.25, -0.2) is 4.39 Å². The van der Waals surface area contributed by atoms with Crippen molar-refractivity contribution in [3.05, 3.63) is 89.5 Å². The number of rotatable bonds is 5. The van der Waals surface area contributed by atoms with Gasteiger partial charge in [-0.05, 0) is 60.6 Å². The Morgan fingerprint density at radius 3 is 2.65 bits per heavy atom. The number of para-hydroxylation sites is 1. The van der Waals surface area contributed by atoms with Gasteiger partial charge in [0.15, 0.2) is 5.11 Å². The Hall–Kier alpha value is -2.99. The SMILES string of the molecule is Cc1ccccc1NC(=S)NN=Cc1cccn1Cc1ccc(F)cc1. The van der Waals surface area contributed by atoms with Crippen molar-refractivity contribution in [1.82, 2.24) is 9.99 Å². The van der Waals surface area contributed by atoms with E-state index in [1.54, 1.807) is 18.3 Å². The third-order valence-corrected chi connectivity index (χ3v) is 4.08. The van der Waals surface area contributed by atoms with Crippen LogP contribution < -0.4 is 10.7 Å². The van der Waals surface area contributed by atoms with Crippen LogP contribution in [0, 0.1) is 12.7 Å². The van der Waals surface area contributed by atoms with E-state index in [2.05, 4.69) is 15.8 Å². The summed E-state index contributed by atoms with van der Waals surface area (Å²) in [6.07, 6.45) is 3.66. The Bertz CT molecular complexity index is 916. The second kappa shape index (κ2) is 8.40. The molecule has 0 bridgehead atoms. The van der Waals surface area contributed by atoms with Gasteiger partial charge in [-0.2, -0.15) is 5.10 Å². The van der Waals surface area contributed by atoms with E-state index in [0.717, 1.165) is 22.5 Å². The molecule has 132 valence electrons. The van der Waals surface area contributed by atoms with Gasteiger partial charge < -0.3 is 9.88 Å². The van der Waals surface area contributed by atoms with Crippen LogP contribution in [0.25, 0.3) is 0 Å². The molecule has 0 aliphatic carbocycles. The molecule has 0 radical (unpaired) electrons. The molecule has 26 heavy (non-hydrogen) atoms. The minimum absolute atomic E-state index is 0.234. The minimum Gasteiger partial charge on any atom is -0.342 e. The van der Waals surface area contributed by atoms with Gasteiger partial charge in [-0.15, -0.1) is 0 Å². The normalized spacial score (nSPS) is 10.8. The van der Waals surface area contributed by atoms with E-state index in [9.17, 15) is 4.39 Å². The summed E-state index contributed by atoms with van der Waals surface area (Å²) in [4.78, 5) is 0. The quantitative estimate of drug-likeness (QED) is 0.402. The van der Waals surface area contributed by atoms with Crippen LogP contribution in [0.15, 0.2) is 72.0 Å². The molecule has 6 heteroatoms. The average Bonchev–Trinajstić information content (AvgIpc) is 3.06. The number of hydrogen-bond donors (Lipinski definition) is 2. The summed E-state index contributed by atoms with van der Waals surface area (Å²) in [5.41, 5.74) is 6.80. The van der Waals surface area contributed by atoms with Gasteiger partial charge in [0.1, 0.15) is 5.82 Å². The summed E-state index contributed by atoms with van der Waals surface area (Å²) in [7, 11) is 0. The summed E-state index contributed by atoms with van der Waals surface area (Å²) >= 11 is 5.26. The Morgan fingerprint density at radius 1 is 1.12 bits per heavy atom. The first-order valence-corrected chi connectivity index (χ1v) is 8.58. The average molecular weight is 366 g/mol. The summed E-state index contributed by atoms with van der Waals surface area (Å²) in [6.45, 7) is 2.65. The first-order valence-electron chi connectivity index (χ1n) is 8.17. The molecule has 0 aliphatic heterocycles. The van der Waals surface area contributed by atoms with Crippen molar-refractivity contribution >= 4 is 29.2 Å². The van der Waals surface area contributed by atoms with Gasteiger partial charge >= 0.3 is 0 Å². The number of aromatic nitrogens is 1. The molecular weight excluding hydrogens is 347 g/mol. The standard InChI is InChI=1S/C20H19FN4S/c1-15-5-2-3-7-19(15)23-20(26)24-22-13-18-6-4-12-25(18)14-16-8-10-17(21)11-9-16/h2-13H,14H2,1H3,(H2,23,24,26). The Balaban J connectivity index is 1.59. The van der Waals surface area contributed by atoms with E-state index in [0.29, 0.717) is 11.7 Å². The fourth-order valence-electron chi connectivity index (χ4n) is 2.50. The number of hydrogen-bond acceptors (Lipinski definition) is 2. The number of thiocarbonyl (C=S) groups is 1. The maximum absolute atomic E-state index is 13.0. The van der Waals surface area contributed by atoms with Crippen LogP contribution in [0.2, 0.25) is 0 Å². The number of halogens is 1. The van der Waals surface area contributed by atoms with Crippen molar-refractivity contribution in [1.29, 1.82) is 0 Å². The molecule has 0 atom stereocenters. The zero-order valence-corrected chi connectivity index (χ0v) is 15.1. The first-order chi connectivity index (χ1) is 12.6. The number of anilines is 1. The van der Waals surface area contributed by atoms with E-state index in [4.69, 9.17) is 12.2 Å². The predicted octanol–water partition coefficient (Wildman–Crippen LogP) is 4.30. The van der Waals surface area contributed by atoms with E-state index >= 15 is 0 Å². The lowest BCUT2D eigenvalue weighted by molar-refractivity contribution is 0.626. The third-order valence-electron chi connectivity index (χ3n) is 3.89. The number of nitrogens with one attached hydrogen (secondary N) is 2. The Labute approximate surface area is 157 Å². The molecular formula is C20H19FN4S. The third kappa shape index (κ3) is 4.77. The number of nitrogens with zero attached hydrogens (tertiary/aromatic N) is 2. The lowest BCUT2D eigenvalue weighted by Gasteiger charge is -2.09. The molecule has 3 rings (SSSR count). The van der Waals surface area contributed by atoms with Crippen molar-refractivity contribution in [3.63, 3.8) is 0 Å². The minimum atomic E-state index is -0.234. The van der Waals surface area contributed by atoms with Gasteiger partial charge in [-0.1, -0.05) is 30.3 Å². The molecule has 3 aromatic rings. The smallest absolute Gasteiger partial charge is 0.191 e. The maximum Gasteiger partial charge on any atom is 0.191 e. The highest BCUT2D eigenvalue weighted by molar-refractivity contribution is 7.80. The van der Waals surface area contributed by atoms with Crippen molar-refractivity contribution < 1.29 is 4.39 Å². The molecule has 2 N–H and O–H groups in total. The summed E-state index contributed by atoms with van der Waals surface area (Å²) in [6, 6.07) is 18.3. The molecule has 4 nitrogen and oxygen atoms in total. The van der Waals surface area contributed by atoms with Crippen LogP contribution >= 0.6 is 12.2 Å². The molecule has 1 heterocycles. The second-order valence-electron chi connectivity index (χ2n) is 5.83. The fourth-order valence-corrected chi connectivity index (χ4v) is 2.66. The summed E-state index contributed by atoms with van der Waals surface area (Å²) in [5, 5.41) is 7.73. The van der Waals surface area contributed by atoms with Crippen molar-refractivity contribution in [3.8, 4) is 0 Å². The second-order valence-corrected chi connectivity index (χ2v) is 6.23. The highest BCUT2D eigenvalue weighted by Crippen LogP contribution is 2.12. The van der Waals surface area contributed by atoms with Crippen LogP contribution in [-0.2, 0) is 6.54 Å². The highest BCUT2D eigenvalue weighted by atomic mass is 32.1. The molecule has 0 saturated carbocycles. The van der Waals surface area contributed by atoms with Crippen molar-refractivity contribution in [2.75, 3.05) is 5.32 Å². The van der Waals surface area contributed by atoms with Crippen molar-refractivity contribution in [2.45, 2.75) is 13.5 Å². The fraction of sp³-hybridized carbons (Fsp3) is 0.100. The van der Waals surface area contributed by atoms with Gasteiger partial charge in [0.05, 0.1) is 11.9 Å². The summed E-state index contributed by atoms with van der Waals surface area (Å²) < 4.78 is 15.0. The van der Waals surface area contributed by atoms with Gasteiger partial charge in [0.2, 0.25) is 0 Å². The lowest BCUT2D eigenvalue weighted by Crippen LogP contribution is -2.24. The molecule has 0 amide bonds. The monoisotopic (exact) mass is 366 g/mol. The molecule has 0 saturated heterocycles. The maximum atomic E-state index is 13.0. The van der Waals surface area contributed by atoms with Crippen molar-refractivity contribution in [2.24, 2.45) is 5.10 Å². The molecule has 0 fully saturated rings. The molecule has 1 aromatic heterocycles. The lowest BCUT2D eigenvalue weighted by atomic mass is 10.2. The largest absolute Gasteiger partial charge is 0.342 e. The van der Waals surface area contributed by atoms with Crippen LogP contribution in [0.4, 0.5) is 10.1 Å². The molecule has 0 unspecified atom stereocenters. The van der Waals surface area contributed by atoms with Crippen LogP contribution in [0.3, 0.4) is 0 Å². The van der Waals surface area contributed by atoms with Gasteiger partial charge in [0, 0.05) is 18.4 Å². The highest BCUT2D eigenvalue weighted by Gasteiger charge is 2.01. The van der Waals surface area contributed by atoms with E-state index in [-0.39, 0.29) is 5.82 Å². The Morgan fingerprint density at radius 2 is 1.88 bits per heavy atom. The van der Waals surface area contributed by atoms with E-state index in [1.807, 2.05) is 54.1 Å². The van der Waals surface area contributed by atoms with Crippen LogP contribution in [0.5, 0.6) is 0 Å². The van der Waals surface area contributed by atoms with E-state index in [1.165, 1.54) is 12.1 Å². The number of benzene rings is 2. The molecule has 0 spiro atoms. The van der Waals surface area contributed by atoms with Crippen LogP contribution in [0.1, 0.15) is 16.8 Å².